The third-order valence-corrected chi connectivity index (χ3v) is 2.71. The van der Waals surface area contributed by atoms with E-state index in [4.69, 9.17) is 15.6 Å². The minimum atomic E-state index is -0.582. The number of carbonyl (C=O) groups is 1. The smallest absolute Gasteiger partial charge is 0.340 e. The Balaban J connectivity index is 3.18. The van der Waals surface area contributed by atoms with E-state index in [1.165, 1.54) is 6.07 Å². The lowest BCUT2D eigenvalue weighted by Gasteiger charge is -2.23. The number of esters is 1. The van der Waals surface area contributed by atoms with E-state index < -0.39 is 11.8 Å². The number of benzene rings is 1. The fourth-order valence-electron chi connectivity index (χ4n) is 1.77. The van der Waals surface area contributed by atoms with Crippen molar-refractivity contribution >= 4 is 17.3 Å². The van der Waals surface area contributed by atoms with Gasteiger partial charge in [0.25, 0.3) is 0 Å². The summed E-state index contributed by atoms with van der Waals surface area (Å²) in [7, 11) is 0. The first-order chi connectivity index (χ1) is 9.04. The minimum Gasteiger partial charge on any atom is -0.462 e. The summed E-state index contributed by atoms with van der Waals surface area (Å²) in [4.78, 5) is 13.3. The Hall–Kier alpha value is -1.82. The van der Waals surface area contributed by atoms with Crippen LogP contribution in [-0.4, -0.2) is 37.4 Å². The van der Waals surface area contributed by atoms with Gasteiger partial charge in [-0.2, -0.15) is 0 Å². The van der Waals surface area contributed by atoms with E-state index in [0.29, 0.717) is 6.54 Å². The van der Waals surface area contributed by atoms with E-state index in [9.17, 15) is 9.18 Å². The molecule has 0 aromatic heterocycles. The molecule has 1 aromatic carbocycles. The topological polar surface area (TPSA) is 75.8 Å². The molecule has 0 saturated carbocycles. The van der Waals surface area contributed by atoms with Crippen molar-refractivity contribution in [3.63, 3.8) is 0 Å². The number of aliphatic hydroxyl groups is 1. The van der Waals surface area contributed by atoms with Gasteiger partial charge in [-0.15, -0.1) is 0 Å². The van der Waals surface area contributed by atoms with E-state index in [1.54, 1.807) is 11.8 Å². The van der Waals surface area contributed by atoms with Crippen LogP contribution in [0, 0.1) is 5.82 Å². The Kier molecular flexibility index (Phi) is 5.57. The third-order valence-electron chi connectivity index (χ3n) is 2.71. The number of hydrogen-bond donors (Lipinski definition) is 2. The highest BCUT2D eigenvalue weighted by atomic mass is 19.1. The number of hydrogen-bond acceptors (Lipinski definition) is 5. The standard InChI is InChI=1S/C13H19FN2O3/c1-3-16(5-6-17)12-7-9(13(18)19-4-2)11(15)8-10(12)14/h7-8,17H,3-6,15H2,1-2H3. The SMILES string of the molecule is CCOC(=O)c1cc(N(CC)CCO)c(F)cc1N. The van der Waals surface area contributed by atoms with Gasteiger partial charge in [0.2, 0.25) is 0 Å². The second kappa shape index (κ2) is 6.94. The van der Waals surface area contributed by atoms with Gasteiger partial charge in [-0.25, -0.2) is 9.18 Å². The molecule has 0 spiro atoms. The van der Waals surface area contributed by atoms with E-state index in [0.717, 1.165) is 6.07 Å². The summed E-state index contributed by atoms with van der Waals surface area (Å²) in [6.07, 6.45) is 0. The number of carbonyl (C=O) groups excluding carboxylic acids is 1. The zero-order chi connectivity index (χ0) is 14.4. The summed E-state index contributed by atoms with van der Waals surface area (Å²) in [6, 6.07) is 2.46. The highest BCUT2D eigenvalue weighted by molar-refractivity contribution is 5.96. The van der Waals surface area contributed by atoms with Crippen LogP contribution in [0.5, 0.6) is 0 Å². The van der Waals surface area contributed by atoms with Crippen LogP contribution in [-0.2, 0) is 4.74 Å². The van der Waals surface area contributed by atoms with Crippen LogP contribution >= 0.6 is 0 Å². The van der Waals surface area contributed by atoms with Gasteiger partial charge >= 0.3 is 5.97 Å². The molecule has 0 bridgehead atoms. The first kappa shape index (κ1) is 15.2. The molecule has 6 heteroatoms. The maximum absolute atomic E-state index is 13.9. The molecule has 0 amide bonds. The summed E-state index contributed by atoms with van der Waals surface area (Å²) in [5, 5.41) is 8.96. The van der Waals surface area contributed by atoms with Crippen molar-refractivity contribution in [1.82, 2.24) is 0 Å². The summed E-state index contributed by atoms with van der Waals surface area (Å²) < 4.78 is 18.8. The highest BCUT2D eigenvalue weighted by Crippen LogP contribution is 2.26. The largest absolute Gasteiger partial charge is 0.462 e. The van der Waals surface area contributed by atoms with Crippen LogP contribution in [0.4, 0.5) is 15.8 Å². The molecule has 0 aliphatic carbocycles. The maximum atomic E-state index is 13.9. The monoisotopic (exact) mass is 270 g/mol. The number of halogens is 1. The average Bonchev–Trinajstić information content (AvgIpc) is 2.37. The zero-order valence-corrected chi connectivity index (χ0v) is 11.1. The molecule has 0 radical (unpaired) electrons. The van der Waals surface area contributed by atoms with E-state index in [-0.39, 0.29) is 36.7 Å². The number of nitrogens with zero attached hydrogens (tertiary/aromatic N) is 1. The normalized spacial score (nSPS) is 10.3. The number of aliphatic hydroxyl groups excluding tert-OH is 1. The van der Waals surface area contributed by atoms with Crippen molar-refractivity contribution in [1.29, 1.82) is 0 Å². The van der Waals surface area contributed by atoms with Crippen LogP contribution in [0.25, 0.3) is 0 Å². The molecule has 106 valence electrons. The second-order valence-corrected chi connectivity index (χ2v) is 3.91. The lowest BCUT2D eigenvalue weighted by Crippen LogP contribution is -2.27. The molecule has 0 heterocycles. The molecule has 0 fully saturated rings. The fraction of sp³-hybridized carbons (Fsp3) is 0.462. The molecule has 0 saturated heterocycles. The molecule has 1 rings (SSSR count). The summed E-state index contributed by atoms with van der Waals surface area (Å²) >= 11 is 0. The average molecular weight is 270 g/mol. The zero-order valence-electron chi connectivity index (χ0n) is 11.1. The van der Waals surface area contributed by atoms with E-state index in [2.05, 4.69) is 0 Å². The van der Waals surface area contributed by atoms with Gasteiger partial charge < -0.3 is 20.5 Å². The molecule has 1 aromatic rings. The molecule has 0 aliphatic rings. The number of rotatable bonds is 6. The van der Waals surface area contributed by atoms with Crippen LogP contribution in [0.3, 0.4) is 0 Å². The van der Waals surface area contributed by atoms with Crippen LogP contribution in [0.15, 0.2) is 12.1 Å². The first-order valence-corrected chi connectivity index (χ1v) is 6.17. The van der Waals surface area contributed by atoms with E-state index >= 15 is 0 Å². The molecule has 0 aliphatic heterocycles. The summed E-state index contributed by atoms with van der Waals surface area (Å²) in [6.45, 7) is 4.41. The van der Waals surface area contributed by atoms with Crippen LogP contribution < -0.4 is 10.6 Å². The van der Waals surface area contributed by atoms with Crippen molar-refractivity contribution in [2.45, 2.75) is 13.8 Å². The molecule has 5 nitrogen and oxygen atoms in total. The molecular weight excluding hydrogens is 251 g/mol. The molecule has 3 N–H and O–H groups in total. The minimum absolute atomic E-state index is 0.0414. The Bertz CT molecular complexity index is 452. The number of anilines is 2. The predicted octanol–water partition coefficient (Wildman–Crippen LogP) is 1.40. The predicted molar refractivity (Wildman–Crippen MR) is 71.7 cm³/mol. The van der Waals surface area contributed by atoms with Gasteiger partial charge in [0, 0.05) is 18.8 Å². The lowest BCUT2D eigenvalue weighted by molar-refractivity contribution is 0.0527. The summed E-state index contributed by atoms with van der Waals surface area (Å²) in [5.74, 6) is -1.11. The van der Waals surface area contributed by atoms with Gasteiger partial charge in [0.1, 0.15) is 5.82 Å². The van der Waals surface area contributed by atoms with Gasteiger partial charge in [-0.05, 0) is 26.0 Å². The molecule has 0 unspecified atom stereocenters. The van der Waals surface area contributed by atoms with Gasteiger partial charge in [-0.1, -0.05) is 0 Å². The number of nitrogen functional groups attached to an aromatic ring is 1. The highest BCUT2D eigenvalue weighted by Gasteiger charge is 2.18. The van der Waals surface area contributed by atoms with Crippen molar-refractivity contribution in [2.75, 3.05) is 36.9 Å². The van der Waals surface area contributed by atoms with Crippen molar-refractivity contribution in [2.24, 2.45) is 0 Å². The summed E-state index contributed by atoms with van der Waals surface area (Å²) in [5.41, 5.74) is 6.03. The second-order valence-electron chi connectivity index (χ2n) is 3.91. The lowest BCUT2D eigenvalue weighted by atomic mass is 10.1. The quantitative estimate of drug-likeness (QED) is 0.603. The Morgan fingerprint density at radius 1 is 1.47 bits per heavy atom. The maximum Gasteiger partial charge on any atom is 0.340 e. The molecule has 0 atom stereocenters. The number of ether oxygens (including phenoxy) is 1. The molecule has 19 heavy (non-hydrogen) atoms. The van der Waals surface area contributed by atoms with Gasteiger partial charge in [-0.3, -0.25) is 0 Å². The van der Waals surface area contributed by atoms with Crippen LogP contribution in [0.1, 0.15) is 24.2 Å². The van der Waals surface area contributed by atoms with Crippen molar-refractivity contribution in [3.05, 3.63) is 23.5 Å². The Labute approximate surface area is 111 Å². The Morgan fingerprint density at radius 2 is 2.16 bits per heavy atom. The van der Waals surface area contributed by atoms with Crippen LogP contribution in [0.2, 0.25) is 0 Å². The van der Waals surface area contributed by atoms with Crippen molar-refractivity contribution < 1.29 is 19.0 Å². The molecular formula is C13H19FN2O3. The van der Waals surface area contributed by atoms with Gasteiger partial charge in [0.15, 0.2) is 0 Å². The van der Waals surface area contributed by atoms with Gasteiger partial charge in [0.05, 0.1) is 24.5 Å². The number of likely N-dealkylation sites (N-methyl/N-ethyl adjacent to an activating group) is 1. The first-order valence-electron chi connectivity index (χ1n) is 6.17. The Morgan fingerprint density at radius 3 is 2.68 bits per heavy atom. The third kappa shape index (κ3) is 3.57. The van der Waals surface area contributed by atoms with Crippen molar-refractivity contribution in [3.8, 4) is 0 Å². The fourth-order valence-corrected chi connectivity index (χ4v) is 1.77. The van der Waals surface area contributed by atoms with E-state index in [1.807, 2.05) is 6.92 Å². The number of nitrogens with two attached hydrogens (primary N) is 1.